The number of nitrogen functional groups attached to an aromatic ring is 1. The number of hydrogen-bond donors (Lipinski definition) is 2. The van der Waals surface area contributed by atoms with E-state index in [1.165, 1.54) is 0 Å². The Morgan fingerprint density at radius 2 is 2.17 bits per heavy atom. The topological polar surface area (TPSA) is 50.5 Å². The summed E-state index contributed by atoms with van der Waals surface area (Å²) in [6.45, 7) is 6.78. The first-order chi connectivity index (χ1) is 8.65. The first-order valence-electron chi connectivity index (χ1n) is 6.27. The van der Waals surface area contributed by atoms with Crippen LogP contribution in [0.5, 0.6) is 0 Å². The summed E-state index contributed by atoms with van der Waals surface area (Å²) in [5.74, 6) is 0. The van der Waals surface area contributed by atoms with Crippen LogP contribution in [0.4, 0.5) is 11.4 Å². The molecular weight excluding hydrogens is 250 g/mol. The van der Waals surface area contributed by atoms with Gasteiger partial charge in [0.1, 0.15) is 0 Å². The molecule has 100 valence electrons. The zero-order valence-electron chi connectivity index (χ0n) is 10.7. The standard InChI is InChI=1S/C13H20ClN3O/c1-10(9-17-4-6-18-7-5-17)16-13-8-11(14)2-3-12(13)15/h2-3,8,10,16H,4-7,9,15H2,1H3. The fourth-order valence-corrected chi connectivity index (χ4v) is 2.31. The van der Waals surface area contributed by atoms with Gasteiger partial charge in [-0.2, -0.15) is 0 Å². The van der Waals surface area contributed by atoms with Gasteiger partial charge in [0.2, 0.25) is 0 Å². The Bertz CT molecular complexity index is 394. The van der Waals surface area contributed by atoms with E-state index in [9.17, 15) is 0 Å². The number of hydrogen-bond acceptors (Lipinski definition) is 4. The molecule has 0 amide bonds. The maximum absolute atomic E-state index is 5.97. The minimum absolute atomic E-state index is 0.323. The SMILES string of the molecule is CC(CN1CCOCC1)Nc1cc(Cl)ccc1N. The van der Waals surface area contributed by atoms with E-state index in [1.54, 1.807) is 6.07 Å². The minimum Gasteiger partial charge on any atom is -0.397 e. The minimum atomic E-state index is 0.323. The van der Waals surface area contributed by atoms with Crippen LogP contribution in [0.1, 0.15) is 6.92 Å². The molecule has 0 spiro atoms. The average molecular weight is 270 g/mol. The molecule has 0 bridgehead atoms. The number of nitrogens with zero attached hydrogens (tertiary/aromatic N) is 1. The molecule has 1 heterocycles. The van der Waals surface area contributed by atoms with Crippen molar-refractivity contribution in [2.75, 3.05) is 43.9 Å². The molecule has 1 aliphatic rings. The van der Waals surface area contributed by atoms with E-state index in [-0.39, 0.29) is 0 Å². The van der Waals surface area contributed by atoms with Crippen LogP contribution in [0.25, 0.3) is 0 Å². The van der Waals surface area contributed by atoms with Crippen LogP contribution in [-0.4, -0.2) is 43.8 Å². The van der Waals surface area contributed by atoms with Crippen LogP contribution in [0, 0.1) is 0 Å². The zero-order chi connectivity index (χ0) is 13.0. The predicted octanol–water partition coefficient (Wildman–Crippen LogP) is 2.05. The van der Waals surface area contributed by atoms with Crippen LogP contribution < -0.4 is 11.1 Å². The molecule has 1 saturated heterocycles. The molecule has 3 N–H and O–H groups in total. The Labute approximate surface area is 113 Å². The Kier molecular flexibility index (Phi) is 4.69. The number of anilines is 2. The molecule has 0 radical (unpaired) electrons. The van der Waals surface area contributed by atoms with Crippen molar-refractivity contribution in [2.45, 2.75) is 13.0 Å². The summed E-state index contributed by atoms with van der Waals surface area (Å²) in [7, 11) is 0. The number of benzene rings is 1. The molecule has 0 saturated carbocycles. The maximum Gasteiger partial charge on any atom is 0.0594 e. The van der Waals surface area contributed by atoms with E-state index >= 15 is 0 Å². The Morgan fingerprint density at radius 3 is 2.89 bits per heavy atom. The molecule has 1 atom stereocenters. The van der Waals surface area contributed by atoms with Gasteiger partial charge in [0.25, 0.3) is 0 Å². The molecule has 5 heteroatoms. The first-order valence-corrected chi connectivity index (χ1v) is 6.64. The van der Waals surface area contributed by atoms with Crippen LogP contribution in [0.15, 0.2) is 18.2 Å². The molecule has 0 aliphatic carbocycles. The lowest BCUT2D eigenvalue weighted by atomic mass is 10.2. The zero-order valence-corrected chi connectivity index (χ0v) is 11.4. The molecule has 1 fully saturated rings. The molecule has 18 heavy (non-hydrogen) atoms. The van der Waals surface area contributed by atoms with Crippen molar-refractivity contribution in [3.63, 3.8) is 0 Å². The van der Waals surface area contributed by atoms with Gasteiger partial charge in [-0.25, -0.2) is 0 Å². The molecule has 1 aromatic rings. The molecule has 0 aromatic heterocycles. The Balaban J connectivity index is 1.89. The van der Waals surface area contributed by atoms with Crippen molar-refractivity contribution in [2.24, 2.45) is 0 Å². The lowest BCUT2D eigenvalue weighted by Gasteiger charge is -2.30. The summed E-state index contributed by atoms with van der Waals surface area (Å²) in [6, 6.07) is 5.82. The summed E-state index contributed by atoms with van der Waals surface area (Å²) in [6.07, 6.45) is 0. The molecule has 2 rings (SSSR count). The van der Waals surface area contributed by atoms with Gasteiger partial charge in [0.15, 0.2) is 0 Å². The van der Waals surface area contributed by atoms with Crippen LogP contribution in [0.2, 0.25) is 5.02 Å². The number of nitrogens with two attached hydrogens (primary N) is 1. The van der Waals surface area contributed by atoms with Gasteiger partial charge in [-0.05, 0) is 25.1 Å². The summed E-state index contributed by atoms with van der Waals surface area (Å²) in [5.41, 5.74) is 7.55. The van der Waals surface area contributed by atoms with E-state index < -0.39 is 0 Å². The fraction of sp³-hybridized carbons (Fsp3) is 0.538. The number of nitrogens with one attached hydrogen (secondary N) is 1. The predicted molar refractivity (Wildman–Crippen MR) is 76.2 cm³/mol. The van der Waals surface area contributed by atoms with Gasteiger partial charge >= 0.3 is 0 Å². The molecule has 4 nitrogen and oxygen atoms in total. The second-order valence-corrected chi connectivity index (χ2v) is 5.13. The second kappa shape index (κ2) is 6.27. The van der Waals surface area contributed by atoms with Crippen molar-refractivity contribution >= 4 is 23.0 Å². The number of ether oxygens (including phenoxy) is 1. The van der Waals surface area contributed by atoms with Gasteiger partial charge in [-0.15, -0.1) is 0 Å². The van der Waals surface area contributed by atoms with E-state index in [0.717, 1.165) is 44.2 Å². The third-order valence-electron chi connectivity index (χ3n) is 3.05. The lowest BCUT2D eigenvalue weighted by molar-refractivity contribution is 0.0368. The van der Waals surface area contributed by atoms with Crippen molar-refractivity contribution in [1.29, 1.82) is 0 Å². The molecule has 1 unspecified atom stereocenters. The molecule has 1 aliphatic heterocycles. The van der Waals surface area contributed by atoms with Crippen molar-refractivity contribution in [3.05, 3.63) is 23.2 Å². The number of rotatable bonds is 4. The van der Waals surface area contributed by atoms with E-state index in [4.69, 9.17) is 22.1 Å². The smallest absolute Gasteiger partial charge is 0.0594 e. The van der Waals surface area contributed by atoms with Crippen molar-refractivity contribution in [1.82, 2.24) is 4.90 Å². The van der Waals surface area contributed by atoms with E-state index in [0.29, 0.717) is 11.1 Å². The average Bonchev–Trinajstić information content (AvgIpc) is 2.35. The Morgan fingerprint density at radius 1 is 1.44 bits per heavy atom. The summed E-state index contributed by atoms with van der Waals surface area (Å²) in [5, 5.41) is 4.11. The van der Waals surface area contributed by atoms with Gasteiger partial charge in [0, 0.05) is 30.7 Å². The van der Waals surface area contributed by atoms with Crippen molar-refractivity contribution in [3.8, 4) is 0 Å². The quantitative estimate of drug-likeness (QED) is 0.822. The molecular formula is C13H20ClN3O. The lowest BCUT2D eigenvalue weighted by Crippen LogP contribution is -2.42. The summed E-state index contributed by atoms with van der Waals surface area (Å²) in [4.78, 5) is 2.39. The van der Waals surface area contributed by atoms with Gasteiger partial charge in [0.05, 0.1) is 24.6 Å². The third-order valence-corrected chi connectivity index (χ3v) is 3.29. The second-order valence-electron chi connectivity index (χ2n) is 4.69. The van der Waals surface area contributed by atoms with Crippen LogP contribution in [0.3, 0.4) is 0 Å². The van der Waals surface area contributed by atoms with E-state index in [1.807, 2.05) is 12.1 Å². The first kappa shape index (κ1) is 13.5. The van der Waals surface area contributed by atoms with Gasteiger partial charge in [-0.1, -0.05) is 11.6 Å². The monoisotopic (exact) mass is 269 g/mol. The highest BCUT2D eigenvalue weighted by molar-refractivity contribution is 6.31. The highest BCUT2D eigenvalue weighted by atomic mass is 35.5. The summed E-state index contributed by atoms with van der Waals surface area (Å²) >= 11 is 5.97. The van der Waals surface area contributed by atoms with Gasteiger partial charge in [-0.3, -0.25) is 4.90 Å². The van der Waals surface area contributed by atoms with Crippen LogP contribution >= 0.6 is 11.6 Å². The largest absolute Gasteiger partial charge is 0.397 e. The highest BCUT2D eigenvalue weighted by Crippen LogP contribution is 2.23. The fourth-order valence-electron chi connectivity index (χ4n) is 2.14. The normalized spacial score (nSPS) is 18.6. The van der Waals surface area contributed by atoms with Crippen LogP contribution in [-0.2, 0) is 4.74 Å². The molecule has 1 aromatic carbocycles. The maximum atomic E-state index is 5.97. The van der Waals surface area contributed by atoms with Crippen molar-refractivity contribution < 1.29 is 4.74 Å². The number of morpholine rings is 1. The summed E-state index contributed by atoms with van der Waals surface area (Å²) < 4.78 is 5.33. The van der Waals surface area contributed by atoms with Gasteiger partial charge < -0.3 is 15.8 Å². The number of halogens is 1. The van der Waals surface area contributed by atoms with E-state index in [2.05, 4.69) is 17.1 Å². The third kappa shape index (κ3) is 3.77. The highest BCUT2D eigenvalue weighted by Gasteiger charge is 2.14. The Hall–Kier alpha value is -0.970.